The number of hydrogen-bond acceptors (Lipinski definition) is 5. The second kappa shape index (κ2) is 4.18. The Morgan fingerprint density at radius 2 is 2.23 bits per heavy atom. The number of aromatic nitrogens is 4. The minimum absolute atomic E-state index is 0.122. The Balaban J connectivity index is 2.39. The van der Waals surface area contributed by atoms with E-state index in [0.717, 1.165) is 0 Å². The summed E-state index contributed by atoms with van der Waals surface area (Å²) in [5, 5.41) is 14.1. The highest BCUT2D eigenvalue weighted by Crippen LogP contribution is 2.00. The highest BCUT2D eigenvalue weighted by Gasteiger charge is 2.08. The summed E-state index contributed by atoms with van der Waals surface area (Å²) in [5.74, 6) is 1.10. The molecule has 1 aromatic heterocycles. The maximum absolute atomic E-state index is 5.84. The first kappa shape index (κ1) is 9.91. The summed E-state index contributed by atoms with van der Waals surface area (Å²) in [6.45, 7) is 4.86. The van der Waals surface area contributed by atoms with Crippen LogP contribution < -0.4 is 11.1 Å². The predicted molar refractivity (Wildman–Crippen MR) is 50.1 cm³/mol. The molecule has 1 rings (SSSR count). The highest BCUT2D eigenvalue weighted by molar-refractivity contribution is 5.21. The lowest BCUT2D eigenvalue weighted by Gasteiger charge is -2.15. The number of tetrazole rings is 1. The molecular weight excluding hydrogens is 168 g/mol. The standard InChI is InChI=1S/C7H16N6/c1-5(2)6(8)4-9-7-10-11-12-13(7)3/h5-6H,4,8H2,1-3H3,(H,9,10,12). The minimum atomic E-state index is 0.122. The van der Waals surface area contributed by atoms with Gasteiger partial charge in [-0.25, -0.2) is 4.68 Å². The van der Waals surface area contributed by atoms with Gasteiger partial charge in [0.25, 0.3) is 0 Å². The quantitative estimate of drug-likeness (QED) is 0.665. The van der Waals surface area contributed by atoms with Crippen LogP contribution in [0.2, 0.25) is 0 Å². The van der Waals surface area contributed by atoms with Crippen LogP contribution in [0.15, 0.2) is 0 Å². The van der Waals surface area contributed by atoms with Gasteiger partial charge in [0, 0.05) is 19.6 Å². The molecule has 1 heterocycles. The Labute approximate surface area is 77.5 Å². The van der Waals surface area contributed by atoms with E-state index >= 15 is 0 Å². The van der Waals surface area contributed by atoms with Crippen LogP contribution >= 0.6 is 0 Å². The maximum atomic E-state index is 5.84. The molecule has 0 aromatic carbocycles. The van der Waals surface area contributed by atoms with Crippen molar-refractivity contribution in [3.8, 4) is 0 Å². The number of nitrogens with one attached hydrogen (secondary N) is 1. The van der Waals surface area contributed by atoms with Crippen LogP contribution in [-0.2, 0) is 7.05 Å². The van der Waals surface area contributed by atoms with E-state index in [1.54, 1.807) is 11.7 Å². The van der Waals surface area contributed by atoms with Crippen LogP contribution in [0.5, 0.6) is 0 Å². The molecule has 0 aliphatic heterocycles. The van der Waals surface area contributed by atoms with Crippen LogP contribution in [0.4, 0.5) is 5.95 Å². The molecule has 1 aromatic rings. The number of aryl methyl sites for hydroxylation is 1. The van der Waals surface area contributed by atoms with Gasteiger partial charge < -0.3 is 11.1 Å². The van der Waals surface area contributed by atoms with E-state index in [1.807, 2.05) is 0 Å². The summed E-state index contributed by atoms with van der Waals surface area (Å²) in [4.78, 5) is 0. The van der Waals surface area contributed by atoms with Crippen LogP contribution in [0.1, 0.15) is 13.8 Å². The van der Waals surface area contributed by atoms with E-state index in [0.29, 0.717) is 18.4 Å². The van der Waals surface area contributed by atoms with Gasteiger partial charge in [0.05, 0.1) is 0 Å². The molecule has 6 nitrogen and oxygen atoms in total. The Morgan fingerprint density at radius 3 is 2.69 bits per heavy atom. The Morgan fingerprint density at radius 1 is 1.54 bits per heavy atom. The zero-order chi connectivity index (χ0) is 9.84. The average molecular weight is 184 g/mol. The molecule has 74 valence electrons. The number of nitrogens with zero attached hydrogens (tertiary/aromatic N) is 4. The average Bonchev–Trinajstić information content (AvgIpc) is 2.47. The molecule has 13 heavy (non-hydrogen) atoms. The lowest BCUT2D eigenvalue weighted by molar-refractivity contribution is 0.509. The zero-order valence-corrected chi connectivity index (χ0v) is 8.23. The monoisotopic (exact) mass is 184 g/mol. The molecule has 3 N–H and O–H groups in total. The summed E-state index contributed by atoms with van der Waals surface area (Å²) in [6.07, 6.45) is 0. The van der Waals surface area contributed by atoms with Gasteiger partial charge in [0.1, 0.15) is 0 Å². The number of hydrogen-bond donors (Lipinski definition) is 2. The fraction of sp³-hybridized carbons (Fsp3) is 0.857. The van der Waals surface area contributed by atoms with Crippen LogP contribution in [0, 0.1) is 5.92 Å². The fourth-order valence-electron chi connectivity index (χ4n) is 0.824. The van der Waals surface area contributed by atoms with E-state index in [-0.39, 0.29) is 6.04 Å². The molecule has 0 amide bonds. The lowest BCUT2D eigenvalue weighted by Crippen LogP contribution is -2.34. The highest BCUT2D eigenvalue weighted by atomic mass is 15.6. The van der Waals surface area contributed by atoms with Gasteiger partial charge in [-0.2, -0.15) is 0 Å². The van der Waals surface area contributed by atoms with Crippen molar-refractivity contribution in [2.45, 2.75) is 19.9 Å². The molecule has 0 fully saturated rings. The summed E-state index contributed by atoms with van der Waals surface area (Å²) >= 11 is 0. The summed E-state index contributed by atoms with van der Waals surface area (Å²) in [5.41, 5.74) is 5.84. The lowest BCUT2D eigenvalue weighted by atomic mass is 10.1. The fourth-order valence-corrected chi connectivity index (χ4v) is 0.824. The normalized spacial score (nSPS) is 13.3. The number of rotatable bonds is 4. The Hall–Kier alpha value is -1.17. The molecule has 1 unspecified atom stereocenters. The number of nitrogens with two attached hydrogens (primary N) is 1. The molecule has 0 saturated heterocycles. The van der Waals surface area contributed by atoms with Crippen molar-refractivity contribution in [3.05, 3.63) is 0 Å². The third-order valence-electron chi connectivity index (χ3n) is 1.97. The van der Waals surface area contributed by atoms with Crippen molar-refractivity contribution >= 4 is 5.95 Å². The Kier molecular flexibility index (Phi) is 3.18. The van der Waals surface area contributed by atoms with E-state index in [1.165, 1.54) is 0 Å². The topological polar surface area (TPSA) is 81.7 Å². The molecule has 1 atom stereocenters. The van der Waals surface area contributed by atoms with Crippen LogP contribution in [0.25, 0.3) is 0 Å². The summed E-state index contributed by atoms with van der Waals surface area (Å²) in [6, 6.07) is 0.122. The molecule has 0 radical (unpaired) electrons. The van der Waals surface area contributed by atoms with Crippen molar-refractivity contribution in [2.24, 2.45) is 18.7 Å². The molecule has 0 saturated carbocycles. The van der Waals surface area contributed by atoms with E-state index in [4.69, 9.17) is 5.73 Å². The van der Waals surface area contributed by atoms with Crippen molar-refractivity contribution in [2.75, 3.05) is 11.9 Å². The van der Waals surface area contributed by atoms with Crippen LogP contribution in [0.3, 0.4) is 0 Å². The van der Waals surface area contributed by atoms with Gasteiger partial charge in [-0.1, -0.05) is 18.9 Å². The van der Waals surface area contributed by atoms with Gasteiger partial charge >= 0.3 is 0 Å². The van der Waals surface area contributed by atoms with Gasteiger partial charge in [-0.05, 0) is 16.3 Å². The molecule has 0 bridgehead atoms. The molecule has 0 spiro atoms. The number of anilines is 1. The van der Waals surface area contributed by atoms with Gasteiger partial charge in [-0.15, -0.1) is 0 Å². The zero-order valence-electron chi connectivity index (χ0n) is 8.23. The third kappa shape index (κ3) is 2.66. The first-order valence-corrected chi connectivity index (χ1v) is 4.33. The molecular formula is C7H16N6. The van der Waals surface area contributed by atoms with E-state index < -0.39 is 0 Å². The predicted octanol–water partition coefficient (Wildman–Crippen LogP) is -0.395. The minimum Gasteiger partial charge on any atom is -0.352 e. The first-order chi connectivity index (χ1) is 6.11. The maximum Gasteiger partial charge on any atom is 0.242 e. The summed E-state index contributed by atoms with van der Waals surface area (Å²) < 4.78 is 1.58. The van der Waals surface area contributed by atoms with Crippen molar-refractivity contribution in [3.63, 3.8) is 0 Å². The first-order valence-electron chi connectivity index (χ1n) is 4.33. The van der Waals surface area contributed by atoms with Crippen molar-refractivity contribution in [1.29, 1.82) is 0 Å². The SMILES string of the molecule is CC(C)C(N)CNc1nnnn1C. The van der Waals surface area contributed by atoms with Crippen molar-refractivity contribution < 1.29 is 0 Å². The van der Waals surface area contributed by atoms with Gasteiger partial charge in [0.15, 0.2) is 0 Å². The second-order valence-electron chi connectivity index (χ2n) is 3.41. The second-order valence-corrected chi connectivity index (χ2v) is 3.41. The molecule has 0 aliphatic carbocycles. The smallest absolute Gasteiger partial charge is 0.242 e. The van der Waals surface area contributed by atoms with Gasteiger partial charge in [-0.3, -0.25) is 0 Å². The summed E-state index contributed by atoms with van der Waals surface area (Å²) in [7, 11) is 1.78. The van der Waals surface area contributed by atoms with Crippen molar-refractivity contribution in [1.82, 2.24) is 20.2 Å². The third-order valence-corrected chi connectivity index (χ3v) is 1.97. The van der Waals surface area contributed by atoms with Gasteiger partial charge in [0.2, 0.25) is 5.95 Å². The molecule has 0 aliphatic rings. The largest absolute Gasteiger partial charge is 0.352 e. The van der Waals surface area contributed by atoms with E-state index in [9.17, 15) is 0 Å². The van der Waals surface area contributed by atoms with E-state index in [2.05, 4.69) is 34.7 Å². The Bertz CT molecular complexity index is 255. The molecule has 6 heteroatoms. The van der Waals surface area contributed by atoms with Crippen LogP contribution in [-0.4, -0.2) is 32.8 Å².